The number of amides is 1. The van der Waals surface area contributed by atoms with E-state index in [1.807, 2.05) is 7.05 Å². The Bertz CT molecular complexity index is 1530. The van der Waals surface area contributed by atoms with Gasteiger partial charge in [0.15, 0.2) is 0 Å². The number of nitrogens with two attached hydrogens (primary N) is 1. The first-order valence-electron chi connectivity index (χ1n) is 12.3. The summed E-state index contributed by atoms with van der Waals surface area (Å²) in [4.78, 5) is 25.4. The van der Waals surface area contributed by atoms with Gasteiger partial charge in [-0.25, -0.2) is 14.4 Å². The van der Waals surface area contributed by atoms with Gasteiger partial charge in [-0.1, -0.05) is 12.1 Å². The zero-order valence-electron chi connectivity index (χ0n) is 21.1. The number of fused-ring (bicyclic) bond motifs is 1. The minimum absolute atomic E-state index is 0.0517. The maximum absolute atomic E-state index is 14.7. The Kier molecular flexibility index (Phi) is 7.19. The molecule has 0 radical (unpaired) electrons. The van der Waals surface area contributed by atoms with Crippen molar-refractivity contribution in [3.63, 3.8) is 0 Å². The van der Waals surface area contributed by atoms with Gasteiger partial charge in [0.05, 0.1) is 16.6 Å². The van der Waals surface area contributed by atoms with Crippen LogP contribution in [-0.4, -0.2) is 58.9 Å². The summed E-state index contributed by atoms with van der Waals surface area (Å²) in [5, 5.41) is 3.17. The highest BCUT2D eigenvalue weighted by atomic mass is 19.4. The third-order valence-corrected chi connectivity index (χ3v) is 6.72. The molecular formula is C28H26F4N6O. The van der Waals surface area contributed by atoms with Crippen LogP contribution in [-0.2, 0) is 12.7 Å². The molecule has 1 saturated heterocycles. The number of piperazine rings is 1. The van der Waals surface area contributed by atoms with E-state index in [0.29, 0.717) is 34.1 Å². The van der Waals surface area contributed by atoms with Crippen molar-refractivity contribution < 1.29 is 22.4 Å². The second kappa shape index (κ2) is 10.6. The summed E-state index contributed by atoms with van der Waals surface area (Å²) in [6, 6.07) is 12.8. The Labute approximate surface area is 222 Å². The molecule has 1 aliphatic heterocycles. The summed E-state index contributed by atoms with van der Waals surface area (Å²) in [6.07, 6.45) is -3.04. The molecule has 3 aromatic carbocycles. The second-order valence-electron chi connectivity index (χ2n) is 9.65. The minimum Gasteiger partial charge on any atom is -0.368 e. The molecule has 1 aliphatic rings. The molecule has 4 aromatic rings. The van der Waals surface area contributed by atoms with Gasteiger partial charge in [-0.3, -0.25) is 9.69 Å². The zero-order valence-corrected chi connectivity index (χ0v) is 21.1. The number of aromatic nitrogens is 2. The van der Waals surface area contributed by atoms with Gasteiger partial charge in [-0.15, -0.1) is 0 Å². The van der Waals surface area contributed by atoms with Crippen molar-refractivity contribution in [2.75, 3.05) is 44.3 Å². The Morgan fingerprint density at radius 3 is 2.46 bits per heavy atom. The molecule has 11 heteroatoms. The van der Waals surface area contributed by atoms with Crippen molar-refractivity contribution in [3.05, 3.63) is 83.3 Å². The van der Waals surface area contributed by atoms with Crippen LogP contribution >= 0.6 is 0 Å². The molecule has 5 rings (SSSR count). The smallest absolute Gasteiger partial charge is 0.368 e. The molecule has 1 fully saturated rings. The van der Waals surface area contributed by atoms with Crippen LogP contribution in [0.1, 0.15) is 21.5 Å². The van der Waals surface area contributed by atoms with Crippen molar-refractivity contribution in [2.24, 2.45) is 0 Å². The number of alkyl halides is 3. The van der Waals surface area contributed by atoms with Crippen LogP contribution in [0.2, 0.25) is 0 Å². The lowest BCUT2D eigenvalue weighted by Crippen LogP contribution is -2.43. The number of anilines is 2. The normalized spacial score (nSPS) is 15.0. The summed E-state index contributed by atoms with van der Waals surface area (Å²) in [7, 11) is 1.99. The van der Waals surface area contributed by atoms with Crippen molar-refractivity contribution >= 4 is 28.4 Å². The summed E-state index contributed by atoms with van der Waals surface area (Å²) in [6.45, 7) is 3.39. The molecule has 1 aromatic heterocycles. The van der Waals surface area contributed by atoms with E-state index in [0.717, 1.165) is 44.4 Å². The average molecular weight is 539 g/mol. The lowest BCUT2D eigenvalue weighted by atomic mass is 10.0. The Morgan fingerprint density at radius 2 is 1.72 bits per heavy atom. The Morgan fingerprint density at radius 1 is 1.00 bits per heavy atom. The van der Waals surface area contributed by atoms with Crippen molar-refractivity contribution in [1.29, 1.82) is 0 Å². The molecule has 0 saturated carbocycles. The lowest BCUT2D eigenvalue weighted by Gasteiger charge is -2.32. The summed E-state index contributed by atoms with van der Waals surface area (Å²) >= 11 is 0. The summed E-state index contributed by atoms with van der Waals surface area (Å²) in [5.74, 6) is -1.51. The third kappa shape index (κ3) is 6.15. The number of nitrogens with one attached hydrogen (secondary N) is 1. The van der Waals surface area contributed by atoms with E-state index in [2.05, 4.69) is 25.1 Å². The van der Waals surface area contributed by atoms with Crippen molar-refractivity contribution in [2.45, 2.75) is 12.7 Å². The van der Waals surface area contributed by atoms with Gasteiger partial charge in [-0.05, 0) is 66.2 Å². The highest BCUT2D eigenvalue weighted by Gasteiger charge is 2.32. The van der Waals surface area contributed by atoms with Crippen LogP contribution < -0.4 is 11.1 Å². The first kappa shape index (κ1) is 26.5. The Balaban J connectivity index is 1.41. The molecule has 1 amide bonds. The summed E-state index contributed by atoms with van der Waals surface area (Å²) < 4.78 is 55.7. The van der Waals surface area contributed by atoms with Crippen molar-refractivity contribution in [3.8, 4) is 11.1 Å². The molecule has 0 spiro atoms. The molecule has 3 N–H and O–H groups in total. The molecule has 0 bridgehead atoms. The van der Waals surface area contributed by atoms with Crippen molar-refractivity contribution in [1.82, 2.24) is 19.8 Å². The van der Waals surface area contributed by atoms with Crippen LogP contribution in [0.5, 0.6) is 0 Å². The molecule has 2 heterocycles. The number of carbonyl (C=O) groups excluding carboxylic acids is 1. The Hall–Kier alpha value is -4.09. The van der Waals surface area contributed by atoms with Crippen LogP contribution in [0, 0.1) is 5.82 Å². The predicted molar refractivity (Wildman–Crippen MR) is 142 cm³/mol. The largest absolute Gasteiger partial charge is 0.416 e. The fourth-order valence-electron chi connectivity index (χ4n) is 4.59. The van der Waals surface area contributed by atoms with Gasteiger partial charge < -0.3 is 16.0 Å². The molecule has 202 valence electrons. The molecule has 0 aliphatic carbocycles. The van der Waals surface area contributed by atoms with E-state index < -0.39 is 23.5 Å². The number of hydrogen-bond acceptors (Lipinski definition) is 6. The number of carbonyl (C=O) groups is 1. The van der Waals surface area contributed by atoms with Gasteiger partial charge in [0.25, 0.3) is 5.91 Å². The number of benzene rings is 3. The fourth-order valence-corrected chi connectivity index (χ4v) is 4.59. The monoisotopic (exact) mass is 538 g/mol. The highest BCUT2D eigenvalue weighted by Crippen LogP contribution is 2.33. The van der Waals surface area contributed by atoms with Crippen LogP contribution in [0.3, 0.4) is 0 Å². The average Bonchev–Trinajstić information content (AvgIpc) is 2.89. The molecule has 7 nitrogen and oxygen atoms in total. The maximum atomic E-state index is 14.7. The standard InChI is InChI=1S/C28H26F4N6O/c1-37-6-8-38(9-7-37)16-17-10-21(28(30,31)32)14-22(11-17)35-26(39)23-13-19(2-4-24(23)29)18-3-5-25-20(12-18)15-34-27(33)36-25/h2-5,10-15H,6-9,16H2,1H3,(H,35,39)(H2,33,34,36). The number of halogens is 4. The first-order valence-corrected chi connectivity index (χ1v) is 12.3. The van der Waals surface area contributed by atoms with E-state index in [4.69, 9.17) is 5.73 Å². The number of nitrogens with zero attached hydrogens (tertiary/aromatic N) is 4. The third-order valence-electron chi connectivity index (χ3n) is 6.72. The number of rotatable bonds is 5. The molecular weight excluding hydrogens is 512 g/mol. The number of nitrogen functional groups attached to an aromatic ring is 1. The van der Waals surface area contributed by atoms with E-state index in [1.54, 1.807) is 24.4 Å². The van der Waals surface area contributed by atoms with E-state index in [9.17, 15) is 22.4 Å². The van der Waals surface area contributed by atoms with Gasteiger partial charge >= 0.3 is 6.18 Å². The lowest BCUT2D eigenvalue weighted by molar-refractivity contribution is -0.137. The van der Waals surface area contributed by atoms with Crippen LogP contribution in [0.15, 0.2) is 60.8 Å². The molecule has 39 heavy (non-hydrogen) atoms. The maximum Gasteiger partial charge on any atom is 0.416 e. The topological polar surface area (TPSA) is 87.4 Å². The van der Waals surface area contributed by atoms with Gasteiger partial charge in [-0.2, -0.15) is 13.2 Å². The fraction of sp³-hybridized carbons (Fsp3) is 0.250. The first-order chi connectivity index (χ1) is 18.5. The van der Waals surface area contributed by atoms with E-state index >= 15 is 0 Å². The predicted octanol–water partition coefficient (Wildman–Crippen LogP) is 5.04. The second-order valence-corrected chi connectivity index (χ2v) is 9.65. The van der Waals surface area contributed by atoms with Gasteiger partial charge in [0, 0.05) is 50.0 Å². The minimum atomic E-state index is -4.60. The molecule has 0 unspecified atom stereocenters. The van der Waals surface area contributed by atoms with Crippen LogP contribution in [0.4, 0.5) is 29.2 Å². The summed E-state index contributed by atoms with van der Waals surface area (Å²) in [5.41, 5.74) is 6.67. The number of hydrogen-bond donors (Lipinski definition) is 2. The zero-order chi connectivity index (χ0) is 27.7. The quantitative estimate of drug-likeness (QED) is 0.347. The van der Waals surface area contributed by atoms with Gasteiger partial charge in [0.1, 0.15) is 5.82 Å². The molecule has 0 atom stereocenters. The SMILES string of the molecule is CN1CCN(Cc2cc(NC(=O)c3cc(-c4ccc5nc(N)ncc5c4)ccc3F)cc(C(F)(F)F)c2)CC1. The number of likely N-dealkylation sites (N-methyl/N-ethyl adjacent to an activating group) is 1. The van der Waals surface area contributed by atoms with Gasteiger partial charge in [0.2, 0.25) is 5.95 Å². The van der Waals surface area contributed by atoms with Crippen LogP contribution in [0.25, 0.3) is 22.0 Å². The van der Waals surface area contributed by atoms with E-state index in [1.165, 1.54) is 18.2 Å². The highest BCUT2D eigenvalue weighted by molar-refractivity contribution is 6.05. The van der Waals surface area contributed by atoms with E-state index in [-0.39, 0.29) is 17.2 Å².